The van der Waals surface area contributed by atoms with Gasteiger partial charge in [-0.05, 0) is 37.6 Å². The predicted molar refractivity (Wildman–Crippen MR) is 70.8 cm³/mol. The van der Waals surface area contributed by atoms with Crippen LogP contribution in [0.25, 0.3) is 11.0 Å². The number of hydrogen-bond acceptors (Lipinski definition) is 2. The molecule has 0 bridgehead atoms. The number of aromatic amines is 1. The average molecular weight is 270 g/mol. The lowest BCUT2D eigenvalue weighted by Crippen LogP contribution is -2.11. The Morgan fingerprint density at radius 1 is 1.29 bits per heavy atom. The third kappa shape index (κ3) is 2.28. The highest BCUT2D eigenvalue weighted by Gasteiger charge is 2.17. The van der Waals surface area contributed by atoms with Crippen molar-refractivity contribution >= 4 is 34.2 Å². The van der Waals surface area contributed by atoms with Gasteiger partial charge in [0.15, 0.2) is 0 Å². The van der Waals surface area contributed by atoms with E-state index in [0.29, 0.717) is 16.0 Å². The van der Waals surface area contributed by atoms with Gasteiger partial charge in [-0.3, -0.25) is 0 Å². The van der Waals surface area contributed by atoms with E-state index in [0.717, 1.165) is 36.4 Å². The van der Waals surface area contributed by atoms with Crippen LogP contribution >= 0.6 is 23.2 Å². The summed E-state index contributed by atoms with van der Waals surface area (Å²) >= 11 is 11.9. The normalized spacial score (nSPS) is 20.2. The number of hydrogen-bond donors (Lipinski definition) is 2. The van der Waals surface area contributed by atoms with E-state index in [2.05, 4.69) is 15.3 Å². The smallest absolute Gasteiger partial charge is 0.107 e. The van der Waals surface area contributed by atoms with E-state index in [4.69, 9.17) is 23.2 Å². The molecule has 1 aromatic heterocycles. The van der Waals surface area contributed by atoms with Crippen molar-refractivity contribution < 1.29 is 0 Å². The minimum Gasteiger partial charge on any atom is -0.342 e. The second kappa shape index (κ2) is 4.48. The summed E-state index contributed by atoms with van der Waals surface area (Å²) < 4.78 is 0. The van der Waals surface area contributed by atoms with Crippen molar-refractivity contribution in [3.8, 4) is 0 Å². The summed E-state index contributed by atoms with van der Waals surface area (Å²) in [5.41, 5.74) is 1.85. The highest BCUT2D eigenvalue weighted by Crippen LogP contribution is 2.27. The molecule has 0 saturated carbocycles. The van der Waals surface area contributed by atoms with Crippen molar-refractivity contribution in [1.29, 1.82) is 0 Å². The molecule has 1 saturated heterocycles. The van der Waals surface area contributed by atoms with Crippen LogP contribution in [0.2, 0.25) is 10.0 Å². The van der Waals surface area contributed by atoms with E-state index in [-0.39, 0.29) is 0 Å². The van der Waals surface area contributed by atoms with Crippen LogP contribution in [0.5, 0.6) is 0 Å². The Kier molecular flexibility index (Phi) is 2.99. The molecule has 90 valence electrons. The maximum atomic E-state index is 5.98. The number of imidazole rings is 1. The van der Waals surface area contributed by atoms with Crippen LogP contribution in [-0.4, -0.2) is 23.1 Å². The molecule has 1 aromatic carbocycles. The van der Waals surface area contributed by atoms with Gasteiger partial charge >= 0.3 is 0 Å². The lowest BCUT2D eigenvalue weighted by atomic mass is 10.1. The Morgan fingerprint density at radius 2 is 2.12 bits per heavy atom. The Labute approximate surface area is 110 Å². The molecule has 0 amide bonds. The second-order valence-electron chi connectivity index (χ2n) is 4.53. The largest absolute Gasteiger partial charge is 0.342 e. The van der Waals surface area contributed by atoms with Crippen molar-refractivity contribution in [2.45, 2.75) is 12.8 Å². The van der Waals surface area contributed by atoms with Gasteiger partial charge in [0.1, 0.15) is 5.82 Å². The monoisotopic (exact) mass is 269 g/mol. The predicted octanol–water partition coefficient (Wildman–Crippen LogP) is 3.02. The molecule has 1 atom stereocenters. The molecule has 1 unspecified atom stereocenters. The first-order chi connectivity index (χ1) is 8.22. The minimum absolute atomic E-state index is 0.555. The van der Waals surface area contributed by atoms with Crippen LogP contribution in [-0.2, 0) is 6.42 Å². The van der Waals surface area contributed by atoms with Gasteiger partial charge in [-0.15, -0.1) is 0 Å². The lowest BCUT2D eigenvalue weighted by Gasteiger charge is -2.03. The Bertz CT molecular complexity index is 505. The van der Waals surface area contributed by atoms with Gasteiger partial charge in [-0.2, -0.15) is 0 Å². The van der Waals surface area contributed by atoms with Crippen LogP contribution in [0.4, 0.5) is 0 Å². The fourth-order valence-electron chi connectivity index (χ4n) is 2.32. The number of rotatable bonds is 2. The van der Waals surface area contributed by atoms with Crippen LogP contribution in [0.15, 0.2) is 12.1 Å². The number of nitrogens with zero attached hydrogens (tertiary/aromatic N) is 1. The summed E-state index contributed by atoms with van der Waals surface area (Å²) in [6.45, 7) is 2.20. The van der Waals surface area contributed by atoms with Crippen molar-refractivity contribution in [1.82, 2.24) is 15.3 Å². The van der Waals surface area contributed by atoms with E-state index < -0.39 is 0 Å². The van der Waals surface area contributed by atoms with E-state index in [1.165, 1.54) is 6.42 Å². The number of fused-ring (bicyclic) bond motifs is 1. The van der Waals surface area contributed by atoms with Gasteiger partial charge in [0, 0.05) is 6.42 Å². The summed E-state index contributed by atoms with van der Waals surface area (Å²) in [5.74, 6) is 1.70. The molecule has 3 nitrogen and oxygen atoms in total. The molecule has 5 heteroatoms. The van der Waals surface area contributed by atoms with Crippen molar-refractivity contribution in [3.63, 3.8) is 0 Å². The first-order valence-corrected chi connectivity index (χ1v) is 6.52. The molecule has 2 aromatic rings. The molecule has 1 aliphatic rings. The van der Waals surface area contributed by atoms with Gasteiger partial charge < -0.3 is 10.3 Å². The van der Waals surface area contributed by atoms with Crippen LogP contribution in [0, 0.1) is 5.92 Å². The number of aromatic nitrogens is 2. The molecule has 0 spiro atoms. The van der Waals surface area contributed by atoms with E-state index in [1.807, 2.05) is 12.1 Å². The van der Waals surface area contributed by atoms with Crippen molar-refractivity contribution in [2.75, 3.05) is 13.1 Å². The molecule has 17 heavy (non-hydrogen) atoms. The van der Waals surface area contributed by atoms with E-state index in [9.17, 15) is 0 Å². The van der Waals surface area contributed by atoms with Crippen LogP contribution < -0.4 is 5.32 Å². The van der Waals surface area contributed by atoms with Gasteiger partial charge in [-0.1, -0.05) is 23.2 Å². The molecule has 0 radical (unpaired) electrons. The molecule has 1 fully saturated rings. The van der Waals surface area contributed by atoms with Gasteiger partial charge in [0.05, 0.1) is 21.1 Å². The van der Waals surface area contributed by atoms with Gasteiger partial charge in [0.25, 0.3) is 0 Å². The molecular weight excluding hydrogens is 257 g/mol. The topological polar surface area (TPSA) is 40.7 Å². The summed E-state index contributed by atoms with van der Waals surface area (Å²) in [6, 6.07) is 3.65. The zero-order chi connectivity index (χ0) is 11.8. The molecule has 0 aliphatic carbocycles. The number of halogens is 2. The Hall–Kier alpha value is -0.770. The number of H-pyrrole nitrogens is 1. The average Bonchev–Trinajstić information content (AvgIpc) is 2.89. The molecule has 3 rings (SSSR count). The van der Waals surface area contributed by atoms with Crippen molar-refractivity contribution in [2.24, 2.45) is 5.92 Å². The first kappa shape index (κ1) is 11.3. The zero-order valence-corrected chi connectivity index (χ0v) is 10.8. The summed E-state index contributed by atoms with van der Waals surface area (Å²) in [5, 5.41) is 4.48. The summed E-state index contributed by atoms with van der Waals surface area (Å²) in [4.78, 5) is 7.86. The Balaban J connectivity index is 1.90. The fourth-order valence-corrected chi connectivity index (χ4v) is 2.64. The molecule has 2 heterocycles. The van der Waals surface area contributed by atoms with Gasteiger partial charge in [-0.25, -0.2) is 4.98 Å². The standard InChI is InChI=1S/C12H13Cl2N3/c13-8-4-10-11(5-9(8)14)17-12(16-10)3-7-1-2-15-6-7/h4-5,7,15H,1-3,6H2,(H,16,17). The second-order valence-corrected chi connectivity index (χ2v) is 5.34. The lowest BCUT2D eigenvalue weighted by molar-refractivity contribution is 0.565. The van der Waals surface area contributed by atoms with E-state index in [1.54, 1.807) is 0 Å². The SMILES string of the molecule is Clc1cc2nc(CC3CCNC3)[nH]c2cc1Cl. The summed E-state index contributed by atoms with van der Waals surface area (Å²) in [7, 11) is 0. The maximum absolute atomic E-state index is 5.98. The summed E-state index contributed by atoms with van der Waals surface area (Å²) in [6.07, 6.45) is 2.20. The highest BCUT2D eigenvalue weighted by molar-refractivity contribution is 6.42. The highest BCUT2D eigenvalue weighted by atomic mass is 35.5. The third-order valence-electron chi connectivity index (χ3n) is 3.22. The first-order valence-electron chi connectivity index (χ1n) is 5.77. The molecular formula is C12H13Cl2N3. The molecule has 1 aliphatic heterocycles. The maximum Gasteiger partial charge on any atom is 0.107 e. The fraction of sp³-hybridized carbons (Fsp3) is 0.417. The van der Waals surface area contributed by atoms with E-state index >= 15 is 0 Å². The van der Waals surface area contributed by atoms with Crippen LogP contribution in [0.3, 0.4) is 0 Å². The minimum atomic E-state index is 0.555. The Morgan fingerprint density at radius 3 is 2.88 bits per heavy atom. The number of nitrogens with one attached hydrogen (secondary N) is 2. The van der Waals surface area contributed by atoms with Crippen molar-refractivity contribution in [3.05, 3.63) is 28.0 Å². The quantitative estimate of drug-likeness (QED) is 0.880. The third-order valence-corrected chi connectivity index (χ3v) is 3.94. The zero-order valence-electron chi connectivity index (χ0n) is 9.26. The molecule has 2 N–H and O–H groups in total. The number of benzene rings is 1. The van der Waals surface area contributed by atoms with Crippen LogP contribution in [0.1, 0.15) is 12.2 Å². The van der Waals surface area contributed by atoms with Gasteiger partial charge in [0.2, 0.25) is 0 Å².